The molecule has 0 aliphatic carbocycles. The Bertz CT molecular complexity index is 6830. The largest absolute Gasteiger partial charge is 0.454 e. The molecule has 0 saturated carbocycles. The molecule has 2 atom stereocenters. The van der Waals surface area contributed by atoms with Crippen LogP contribution in [0.2, 0.25) is 20.1 Å². The fourth-order valence-corrected chi connectivity index (χ4v) is 21.1. The molecule has 12 heterocycles. The Labute approximate surface area is 710 Å². The van der Waals surface area contributed by atoms with Crippen molar-refractivity contribution in [3.05, 3.63) is 201 Å². The van der Waals surface area contributed by atoms with Crippen molar-refractivity contribution in [3.8, 4) is 46.0 Å². The monoisotopic (exact) mass is 1830 g/mol. The number of halogens is 4. The third-order valence-electron chi connectivity index (χ3n) is 16.7. The van der Waals surface area contributed by atoms with Crippen LogP contribution in [-0.4, -0.2) is 105 Å². The zero-order valence-corrected chi connectivity index (χ0v) is 69.3. The minimum absolute atomic E-state index is 0.000593. The molecule has 0 spiro atoms. The summed E-state index contributed by atoms with van der Waals surface area (Å²) in [4.78, 5) is 51.0. The molecule has 32 nitrogen and oxygen atoms in total. The van der Waals surface area contributed by atoms with Gasteiger partial charge in [0, 0.05) is 33.9 Å². The topological polar surface area (TPSA) is 431 Å². The highest BCUT2D eigenvalue weighted by atomic mass is 35.5. The molecule has 4 aliphatic heterocycles. The number of carbonyl (C=O) groups is 4. The summed E-state index contributed by atoms with van der Waals surface area (Å²) >= 11 is 27.7. The number of ether oxygens (including phenoxy) is 8. The lowest BCUT2D eigenvalue weighted by molar-refractivity contribution is 0.0985. The molecular formula is C72H60Cl4N8O24S8. The second kappa shape index (κ2) is 34.1. The van der Waals surface area contributed by atoms with Gasteiger partial charge in [-0.15, -0.1) is 45.3 Å². The van der Waals surface area contributed by atoms with Crippen LogP contribution in [0.4, 0.5) is 23.5 Å². The number of thiophene rings is 4. The highest BCUT2D eigenvalue weighted by Gasteiger charge is 2.34. The fourth-order valence-electron chi connectivity index (χ4n) is 10.8. The van der Waals surface area contributed by atoms with Gasteiger partial charge in [0.05, 0.1) is 19.5 Å². The second-order valence-corrected chi connectivity index (χ2v) is 36.4. The van der Waals surface area contributed by atoms with E-state index in [2.05, 4.69) is 39.5 Å². The molecule has 8 aromatic heterocycles. The zero-order chi connectivity index (χ0) is 91.6. The molecule has 0 saturated heterocycles. The summed E-state index contributed by atoms with van der Waals surface area (Å²) in [6, 6.07) is 16.9. The van der Waals surface area contributed by atoms with E-state index >= 15 is 0 Å². The van der Waals surface area contributed by atoms with E-state index in [0.717, 1.165) is 50.9 Å². The highest BCUT2D eigenvalue weighted by molar-refractivity contribution is 7.94. The number of ketones is 4. The number of aryl methyl sites for hydroxylation is 8. The van der Waals surface area contributed by atoms with E-state index < -0.39 is 97.9 Å². The van der Waals surface area contributed by atoms with Gasteiger partial charge < -0.3 is 56.0 Å². The third kappa shape index (κ3) is 18.1. The molecule has 0 fully saturated rings. The normalized spacial score (nSPS) is 16.1. The smallest absolute Gasteiger partial charge is 0.265 e. The standard InChI is InChI=1S/4C18H15ClN2O6S2/c4*1-9-5-13-14(26-8-25-13)7-11(9)6-12(22)17-15(3-4-28-17)29(23,24)21-18-16(19)10(2)20-27-18/h4*3-5,7,21H,6,8H2,1-2H3/i1D3,8D;8D2;8D;1D3. The van der Waals surface area contributed by atoms with Gasteiger partial charge in [0.1, 0.15) is 67.9 Å². The maximum atomic E-state index is 13.1. The molecule has 116 heavy (non-hydrogen) atoms. The number of anilines is 4. The lowest BCUT2D eigenvalue weighted by Gasteiger charge is -2.09. The lowest BCUT2D eigenvalue weighted by atomic mass is 10.0. The molecule has 0 bridgehead atoms. The average Bonchev–Trinajstić information content (AvgIpc) is 1.55. The van der Waals surface area contributed by atoms with Crippen LogP contribution in [0.5, 0.6) is 46.0 Å². The fraction of sp³-hybridized carbons (Fsp3) is 0.222. The number of carbonyl (C=O) groups excluding carboxylic acids is 4. The van der Waals surface area contributed by atoms with E-state index in [0.29, 0.717) is 51.0 Å². The summed E-state index contributed by atoms with van der Waals surface area (Å²) in [5.41, 5.74) is 3.96. The number of aromatic nitrogens is 4. The molecule has 44 heteroatoms. The molecule has 12 aromatic rings. The van der Waals surface area contributed by atoms with Crippen molar-refractivity contribution in [1.82, 2.24) is 20.6 Å². The Morgan fingerprint density at radius 3 is 0.871 bits per heavy atom. The van der Waals surface area contributed by atoms with E-state index in [4.69, 9.17) is 116 Å². The molecule has 608 valence electrons. The van der Waals surface area contributed by atoms with Crippen molar-refractivity contribution >= 4 is 179 Å². The van der Waals surface area contributed by atoms with E-state index in [-0.39, 0.29) is 171 Å². The molecular weight excluding hydrogens is 1760 g/mol. The Hall–Kier alpha value is -10.2. The lowest BCUT2D eigenvalue weighted by Crippen LogP contribution is -2.16. The first-order valence-corrected chi connectivity index (χ1v) is 43.7. The van der Waals surface area contributed by atoms with Crippen LogP contribution < -0.4 is 56.8 Å². The number of fused-ring (bicyclic) bond motifs is 4. The highest BCUT2D eigenvalue weighted by Crippen LogP contribution is 2.42. The van der Waals surface area contributed by atoms with Crippen LogP contribution >= 0.6 is 91.8 Å². The van der Waals surface area contributed by atoms with Gasteiger partial charge >= 0.3 is 0 Å². The maximum absolute atomic E-state index is 13.1. The van der Waals surface area contributed by atoms with E-state index in [1.54, 1.807) is 45.9 Å². The Kier molecular flexibility index (Phi) is 20.9. The Morgan fingerprint density at radius 2 is 0.603 bits per heavy atom. The molecule has 4 aliphatic rings. The van der Waals surface area contributed by atoms with Crippen LogP contribution in [0.1, 0.15) is 120 Å². The molecule has 0 amide bonds. The van der Waals surface area contributed by atoms with Crippen LogP contribution in [0, 0.1) is 55.2 Å². The number of hydrogen-bond donors (Lipinski definition) is 4. The predicted molar refractivity (Wildman–Crippen MR) is 427 cm³/mol. The maximum Gasteiger partial charge on any atom is 0.265 e. The van der Waals surface area contributed by atoms with Gasteiger partial charge in [0.25, 0.3) is 63.6 Å². The first-order chi connectivity index (χ1) is 59.0. The average molecular weight is 1830 g/mol. The van der Waals surface area contributed by atoms with Gasteiger partial charge in [0.2, 0.25) is 27.1 Å². The number of sulfonamides is 4. The third-order valence-corrected chi connectivity index (χ3v) is 28.4. The number of nitrogens with zero attached hydrogens (tertiary/aromatic N) is 4. The zero-order valence-electron chi connectivity index (χ0n) is 69.8. The predicted octanol–water partition coefficient (Wildman–Crippen LogP) is 15.8. The second-order valence-electron chi connectivity index (χ2n) is 24.6. The summed E-state index contributed by atoms with van der Waals surface area (Å²) in [7, 11) is -16.8. The molecule has 16 rings (SSSR count). The number of rotatable bonds is 24. The van der Waals surface area contributed by atoms with Crippen molar-refractivity contribution in [3.63, 3.8) is 0 Å². The van der Waals surface area contributed by atoms with Gasteiger partial charge in [-0.3, -0.25) is 19.2 Å². The van der Waals surface area contributed by atoms with E-state index in [1.165, 1.54) is 90.0 Å². The quantitative estimate of drug-likeness (QED) is 0.0408. The number of benzene rings is 4. The van der Waals surface area contributed by atoms with Gasteiger partial charge in [-0.2, -0.15) is 0 Å². The number of nitrogens with one attached hydrogen (secondary N) is 4. The van der Waals surface area contributed by atoms with E-state index in [9.17, 15) is 52.8 Å². The van der Waals surface area contributed by atoms with E-state index in [1.807, 2.05) is 0 Å². The Morgan fingerprint density at radius 1 is 0.371 bits per heavy atom. The number of hydrogen-bond acceptors (Lipinski definition) is 32. The summed E-state index contributed by atoms with van der Waals surface area (Å²) in [5.74, 6) is -0.995. The SMILES string of the molecule is [2H]C([2H])([2H])c1cc2c(cc1CC(=O)c1sccc1S(=O)(=O)Nc1onc(C)c1Cl)OCO2.[2H]C1([2H])Oc2cc(C)c(CC(=O)c3sccc3S(=O)(=O)Nc3onc(C)c3Cl)cc2O1.[2H]C1Oc2cc(C)c(CC(=O)c3sccc3S(=O)(=O)Nc3onc(C)c3Cl)cc2O1.[2H]C1Oc2cc(CC(=O)c3sccc3S(=O)(=O)Nc3onc(C)c3Cl)c(C([2H])([2H])[2H])cc2O1. The van der Waals surface area contributed by atoms with Crippen molar-refractivity contribution in [2.45, 2.75) is 101 Å². The first kappa shape index (κ1) is 71.1. The summed E-state index contributed by atoms with van der Waals surface area (Å²) in [5, 5.41) is 20.3. The van der Waals surface area contributed by atoms with Crippen LogP contribution in [0.3, 0.4) is 0 Å². The summed E-state index contributed by atoms with van der Waals surface area (Å²) in [6.07, 6.45) is -0.930. The minimum atomic E-state index is -4.26. The van der Waals surface area contributed by atoms with Crippen molar-refractivity contribution in [2.24, 2.45) is 0 Å². The summed E-state index contributed by atoms with van der Waals surface area (Å²) in [6.45, 7) is -0.190. The van der Waals surface area contributed by atoms with Gasteiger partial charge in [-0.05, 0) is 194 Å². The van der Waals surface area contributed by atoms with Crippen molar-refractivity contribution < 1.29 is 123 Å². The minimum Gasteiger partial charge on any atom is -0.454 e. The van der Waals surface area contributed by atoms with Crippen molar-refractivity contribution in [2.75, 3.05) is 46.0 Å². The molecule has 4 N–H and O–H groups in total. The molecule has 0 radical (unpaired) electrons. The van der Waals surface area contributed by atoms with Gasteiger partial charge in [-0.25, -0.2) is 52.6 Å². The first-order valence-electron chi connectivity index (χ1n) is 37.9. The van der Waals surface area contributed by atoms with Crippen LogP contribution in [0.25, 0.3) is 0 Å². The van der Waals surface area contributed by atoms with Gasteiger partial charge in [-0.1, -0.05) is 67.0 Å². The number of Topliss-reactive ketones (excluding diaryl/α,β-unsaturated/α-hetero) is 4. The van der Waals surface area contributed by atoms with Gasteiger partial charge in [0.15, 0.2) is 69.1 Å². The van der Waals surface area contributed by atoms with Crippen LogP contribution in [0.15, 0.2) is 132 Å². The molecule has 2 unspecified atom stereocenters. The van der Waals surface area contributed by atoms with Crippen LogP contribution in [-0.2, 0) is 65.8 Å². The molecule has 4 aromatic carbocycles. The Balaban J connectivity index is 0.000000144. The summed E-state index contributed by atoms with van der Waals surface area (Å²) < 4.78 is 249. The van der Waals surface area contributed by atoms with Crippen molar-refractivity contribution in [1.29, 1.82) is 0 Å².